The van der Waals surface area contributed by atoms with Crippen LogP contribution in [-0.2, 0) is 6.42 Å². The predicted molar refractivity (Wildman–Crippen MR) is 58.2 cm³/mol. The lowest BCUT2D eigenvalue weighted by Crippen LogP contribution is -1.87. The average Bonchev–Trinajstić information content (AvgIpc) is 2.09. The molecule has 1 heteroatoms. The molecule has 0 spiro atoms. The van der Waals surface area contributed by atoms with Gasteiger partial charge in [0.1, 0.15) is 0 Å². The minimum absolute atomic E-state index is 1.13. The second-order valence-corrected chi connectivity index (χ2v) is 3.57. The fourth-order valence-corrected chi connectivity index (χ4v) is 1.84. The first-order valence-electron chi connectivity index (χ1n) is 4.19. The fourth-order valence-electron chi connectivity index (χ4n) is 1.22. The second kappa shape index (κ2) is 4.46. The van der Waals surface area contributed by atoms with Crippen LogP contribution in [0.3, 0.4) is 0 Å². The molecule has 0 aliphatic carbocycles. The van der Waals surface area contributed by atoms with E-state index in [9.17, 15) is 0 Å². The van der Waals surface area contributed by atoms with Crippen molar-refractivity contribution in [1.29, 1.82) is 0 Å². The molecule has 0 nitrogen and oxygen atoms in total. The highest BCUT2D eigenvalue weighted by Gasteiger charge is 2.00. The molecule has 0 N–H and O–H groups in total. The van der Waals surface area contributed by atoms with Crippen LogP contribution in [0.1, 0.15) is 24.5 Å². The van der Waals surface area contributed by atoms with Crippen LogP contribution in [0.2, 0.25) is 0 Å². The molecule has 0 aromatic heterocycles. The van der Waals surface area contributed by atoms with Gasteiger partial charge in [-0.25, -0.2) is 0 Å². The molecule has 0 aliphatic heterocycles. The van der Waals surface area contributed by atoms with Gasteiger partial charge in [-0.3, -0.25) is 0 Å². The topological polar surface area (TPSA) is 0 Å². The Labute approximate surface area is 82.4 Å². The van der Waals surface area contributed by atoms with E-state index in [0.717, 1.165) is 6.42 Å². The fraction of sp³-hybridized carbons (Fsp3) is 0.273. The van der Waals surface area contributed by atoms with Crippen molar-refractivity contribution in [2.45, 2.75) is 19.8 Å². The Hall–Kier alpha value is -0.560. The summed E-state index contributed by atoms with van der Waals surface area (Å²) in [4.78, 5) is 0. The van der Waals surface area contributed by atoms with Crippen molar-refractivity contribution in [1.82, 2.24) is 0 Å². The molecule has 1 rings (SSSR count). The summed E-state index contributed by atoms with van der Waals surface area (Å²) in [6, 6.07) is 6.30. The standard InChI is InChI=1S/C11H13Br/c1-3-6-10-8-5-7-9(4-2)11(10)12/h4-5,7-8H,2-3,6H2,1H3. The van der Waals surface area contributed by atoms with Gasteiger partial charge in [0.05, 0.1) is 0 Å². The maximum Gasteiger partial charge on any atom is 0.0279 e. The molecular formula is C11H13Br. The summed E-state index contributed by atoms with van der Waals surface area (Å²) < 4.78 is 1.20. The van der Waals surface area contributed by atoms with Crippen molar-refractivity contribution in [2.24, 2.45) is 0 Å². The van der Waals surface area contributed by atoms with Crippen LogP contribution in [-0.4, -0.2) is 0 Å². The van der Waals surface area contributed by atoms with Crippen molar-refractivity contribution in [2.75, 3.05) is 0 Å². The van der Waals surface area contributed by atoms with Crippen molar-refractivity contribution in [3.8, 4) is 0 Å². The number of aryl methyl sites for hydroxylation is 1. The third kappa shape index (κ3) is 1.98. The second-order valence-electron chi connectivity index (χ2n) is 2.77. The normalized spacial score (nSPS) is 9.83. The van der Waals surface area contributed by atoms with E-state index in [4.69, 9.17) is 0 Å². The molecule has 0 amide bonds. The third-order valence-electron chi connectivity index (χ3n) is 1.85. The first-order valence-corrected chi connectivity index (χ1v) is 4.98. The lowest BCUT2D eigenvalue weighted by Gasteiger charge is -2.04. The van der Waals surface area contributed by atoms with Crippen molar-refractivity contribution >= 4 is 22.0 Å². The van der Waals surface area contributed by atoms with Gasteiger partial charge in [0.25, 0.3) is 0 Å². The van der Waals surface area contributed by atoms with Crippen LogP contribution >= 0.6 is 15.9 Å². The Bertz CT molecular complexity index is 276. The molecular weight excluding hydrogens is 212 g/mol. The minimum atomic E-state index is 1.13. The monoisotopic (exact) mass is 224 g/mol. The number of benzene rings is 1. The maximum atomic E-state index is 3.76. The molecule has 64 valence electrons. The van der Waals surface area contributed by atoms with E-state index >= 15 is 0 Å². The zero-order valence-electron chi connectivity index (χ0n) is 7.31. The van der Waals surface area contributed by atoms with Crippen molar-refractivity contribution < 1.29 is 0 Å². The van der Waals surface area contributed by atoms with Crippen LogP contribution < -0.4 is 0 Å². The summed E-state index contributed by atoms with van der Waals surface area (Å²) in [5.74, 6) is 0. The van der Waals surface area contributed by atoms with E-state index < -0.39 is 0 Å². The molecule has 0 saturated carbocycles. The first-order chi connectivity index (χ1) is 5.79. The largest absolute Gasteiger partial charge is 0.0984 e. The van der Waals surface area contributed by atoms with E-state index in [1.807, 2.05) is 6.08 Å². The Kier molecular flexibility index (Phi) is 3.54. The summed E-state index contributed by atoms with van der Waals surface area (Å²) >= 11 is 3.57. The van der Waals surface area contributed by atoms with Gasteiger partial charge >= 0.3 is 0 Å². The summed E-state index contributed by atoms with van der Waals surface area (Å²) in [6.45, 7) is 5.95. The highest BCUT2D eigenvalue weighted by molar-refractivity contribution is 9.10. The number of hydrogen-bond donors (Lipinski definition) is 0. The molecule has 0 atom stereocenters. The minimum Gasteiger partial charge on any atom is -0.0984 e. The molecule has 1 aromatic carbocycles. The lowest BCUT2D eigenvalue weighted by molar-refractivity contribution is 0.916. The molecule has 0 bridgehead atoms. The van der Waals surface area contributed by atoms with Crippen LogP contribution in [0.15, 0.2) is 29.3 Å². The van der Waals surface area contributed by atoms with Crippen LogP contribution in [0.5, 0.6) is 0 Å². The Morgan fingerprint density at radius 3 is 2.83 bits per heavy atom. The molecule has 0 heterocycles. The van der Waals surface area contributed by atoms with Gasteiger partial charge < -0.3 is 0 Å². The van der Waals surface area contributed by atoms with Crippen molar-refractivity contribution in [3.05, 3.63) is 40.4 Å². The molecule has 0 saturated heterocycles. The van der Waals surface area contributed by atoms with Gasteiger partial charge in [-0.15, -0.1) is 0 Å². The van der Waals surface area contributed by atoms with Crippen LogP contribution in [0.25, 0.3) is 6.08 Å². The molecule has 0 radical (unpaired) electrons. The summed E-state index contributed by atoms with van der Waals surface area (Å²) in [5.41, 5.74) is 2.55. The Morgan fingerprint density at radius 2 is 2.25 bits per heavy atom. The SMILES string of the molecule is C=Cc1cccc(CCC)c1Br. The van der Waals surface area contributed by atoms with E-state index in [0.29, 0.717) is 0 Å². The van der Waals surface area contributed by atoms with Gasteiger partial charge in [0, 0.05) is 4.47 Å². The molecule has 0 fully saturated rings. The van der Waals surface area contributed by atoms with Crippen LogP contribution in [0.4, 0.5) is 0 Å². The summed E-state index contributed by atoms with van der Waals surface area (Å²) in [6.07, 6.45) is 4.19. The smallest absolute Gasteiger partial charge is 0.0279 e. The van der Waals surface area contributed by atoms with Crippen molar-refractivity contribution in [3.63, 3.8) is 0 Å². The molecule has 1 aromatic rings. The third-order valence-corrected chi connectivity index (χ3v) is 2.81. The zero-order valence-corrected chi connectivity index (χ0v) is 8.89. The van der Waals surface area contributed by atoms with Gasteiger partial charge in [-0.05, 0) is 33.5 Å². The van der Waals surface area contributed by atoms with E-state index in [-0.39, 0.29) is 0 Å². The summed E-state index contributed by atoms with van der Waals surface area (Å²) in [5, 5.41) is 0. The summed E-state index contributed by atoms with van der Waals surface area (Å²) in [7, 11) is 0. The molecule has 12 heavy (non-hydrogen) atoms. The first kappa shape index (κ1) is 9.53. The van der Waals surface area contributed by atoms with Crippen LogP contribution in [0, 0.1) is 0 Å². The maximum absolute atomic E-state index is 3.76. The lowest BCUT2D eigenvalue weighted by atomic mass is 10.1. The Morgan fingerprint density at radius 1 is 1.50 bits per heavy atom. The van der Waals surface area contributed by atoms with Gasteiger partial charge in [0.2, 0.25) is 0 Å². The number of rotatable bonds is 3. The molecule has 0 aliphatic rings. The average molecular weight is 225 g/mol. The Balaban J connectivity index is 3.04. The van der Waals surface area contributed by atoms with E-state index in [2.05, 4.69) is 47.6 Å². The number of hydrogen-bond acceptors (Lipinski definition) is 0. The highest BCUT2D eigenvalue weighted by atomic mass is 79.9. The molecule has 0 unspecified atom stereocenters. The quantitative estimate of drug-likeness (QED) is 0.728. The van der Waals surface area contributed by atoms with E-state index in [1.54, 1.807) is 0 Å². The van der Waals surface area contributed by atoms with Gasteiger partial charge in [-0.1, -0.05) is 44.2 Å². The highest BCUT2D eigenvalue weighted by Crippen LogP contribution is 2.23. The van der Waals surface area contributed by atoms with Gasteiger partial charge in [-0.2, -0.15) is 0 Å². The number of halogens is 1. The van der Waals surface area contributed by atoms with Gasteiger partial charge in [0.15, 0.2) is 0 Å². The zero-order chi connectivity index (χ0) is 8.97. The predicted octanol–water partition coefficient (Wildman–Crippen LogP) is 4.04. The van der Waals surface area contributed by atoms with E-state index in [1.165, 1.54) is 22.0 Å².